The number of carbonyl (C=O) groups excluding carboxylic acids is 4. The molecule has 3 aliphatic rings. The van der Waals surface area contributed by atoms with Crippen LogP contribution in [-0.2, 0) is 11.2 Å². The Morgan fingerprint density at radius 1 is 0.724 bits per heavy atom. The fraction of sp³-hybridized carbons (Fsp3) is 0.167. The van der Waals surface area contributed by atoms with Crippen LogP contribution in [0.1, 0.15) is 65.6 Å². The maximum atomic E-state index is 12.8. The molecule has 5 rings (SSSR count). The Bertz CT molecular complexity index is 1210. The number of allylic oxidation sites excluding steroid dienone is 4. The first kappa shape index (κ1) is 17.6. The van der Waals surface area contributed by atoms with Crippen molar-refractivity contribution in [3.63, 3.8) is 0 Å². The Labute approximate surface area is 166 Å². The molecule has 0 aromatic heterocycles. The minimum atomic E-state index is -0.301. The van der Waals surface area contributed by atoms with E-state index in [1.165, 1.54) is 24.3 Å². The van der Waals surface area contributed by atoms with Crippen molar-refractivity contribution in [2.24, 2.45) is 0 Å². The molecule has 0 N–H and O–H groups in total. The third-order valence-electron chi connectivity index (χ3n) is 5.70. The van der Waals surface area contributed by atoms with E-state index in [0.29, 0.717) is 40.8 Å². The highest BCUT2D eigenvalue weighted by Gasteiger charge is 2.36. The van der Waals surface area contributed by atoms with E-state index in [0.717, 1.165) is 11.1 Å². The quantitative estimate of drug-likeness (QED) is 0.786. The molecule has 0 spiro atoms. The number of fused-ring (bicyclic) bond motifs is 7. The van der Waals surface area contributed by atoms with E-state index in [-0.39, 0.29) is 34.8 Å². The lowest BCUT2D eigenvalue weighted by atomic mass is 9.73. The Hall–Kier alpha value is -3.44. The molecular weight excluding hydrogens is 368 g/mol. The summed E-state index contributed by atoms with van der Waals surface area (Å²) in [5, 5.41) is 0. The summed E-state index contributed by atoms with van der Waals surface area (Å²) in [4.78, 5) is 50.5. The summed E-state index contributed by atoms with van der Waals surface area (Å²) in [5.41, 5.74) is 3.91. The topological polar surface area (TPSA) is 77.5 Å². The SMILES string of the molecule is CCOC1Cc2ccc3c(c2-c2c1ccc1c2C(=O)C=CC1=O)C(=O)C=CC3=O. The molecule has 5 heteroatoms. The summed E-state index contributed by atoms with van der Waals surface area (Å²) < 4.78 is 5.93. The second kappa shape index (κ2) is 6.29. The zero-order valence-corrected chi connectivity index (χ0v) is 15.7. The average Bonchev–Trinajstić information content (AvgIpc) is 2.72. The first-order valence-corrected chi connectivity index (χ1v) is 9.49. The first-order valence-electron chi connectivity index (χ1n) is 9.49. The van der Waals surface area contributed by atoms with Gasteiger partial charge in [0.05, 0.1) is 6.10 Å². The van der Waals surface area contributed by atoms with Crippen molar-refractivity contribution < 1.29 is 23.9 Å². The van der Waals surface area contributed by atoms with Gasteiger partial charge in [-0.2, -0.15) is 0 Å². The zero-order chi connectivity index (χ0) is 20.3. The number of rotatable bonds is 2. The first-order chi connectivity index (χ1) is 14.0. The number of hydrogen-bond donors (Lipinski definition) is 0. The molecule has 0 fully saturated rings. The summed E-state index contributed by atoms with van der Waals surface area (Å²) in [6.07, 6.45) is 5.27. The van der Waals surface area contributed by atoms with Gasteiger partial charge in [0.15, 0.2) is 23.1 Å². The third kappa shape index (κ3) is 2.44. The minimum absolute atomic E-state index is 0.247. The van der Waals surface area contributed by atoms with E-state index < -0.39 is 0 Å². The van der Waals surface area contributed by atoms with Gasteiger partial charge in [-0.15, -0.1) is 0 Å². The van der Waals surface area contributed by atoms with Gasteiger partial charge >= 0.3 is 0 Å². The van der Waals surface area contributed by atoms with Crippen LogP contribution in [0, 0.1) is 0 Å². The van der Waals surface area contributed by atoms with Crippen molar-refractivity contribution in [1.29, 1.82) is 0 Å². The second-order valence-corrected chi connectivity index (χ2v) is 7.25. The number of benzene rings is 2. The molecule has 1 atom stereocenters. The molecule has 0 bridgehead atoms. The maximum absolute atomic E-state index is 12.8. The van der Waals surface area contributed by atoms with Crippen LogP contribution < -0.4 is 0 Å². The van der Waals surface area contributed by atoms with E-state index in [9.17, 15) is 19.2 Å². The Balaban J connectivity index is 1.91. The number of ether oxygens (including phenoxy) is 1. The van der Waals surface area contributed by atoms with Crippen molar-refractivity contribution >= 4 is 23.1 Å². The standard InChI is InChI=1S/C24H16O5/c1-2-29-20-11-12-3-4-13-16(25)7-9-18(27)22(13)21(12)24-15(20)6-5-14-17(26)8-10-19(28)23(14)24/h3-10,20H,2,11H2,1H3. The van der Waals surface area contributed by atoms with Gasteiger partial charge in [-0.1, -0.05) is 12.1 Å². The van der Waals surface area contributed by atoms with Gasteiger partial charge in [0.1, 0.15) is 0 Å². The molecule has 29 heavy (non-hydrogen) atoms. The normalized spacial score (nSPS) is 19.0. The molecule has 2 aromatic rings. The summed E-state index contributed by atoms with van der Waals surface area (Å²) in [6, 6.07) is 6.93. The lowest BCUT2D eigenvalue weighted by molar-refractivity contribution is 0.0619. The average molecular weight is 384 g/mol. The lowest BCUT2D eigenvalue weighted by Crippen LogP contribution is -2.24. The van der Waals surface area contributed by atoms with Crippen LogP contribution in [0.4, 0.5) is 0 Å². The molecule has 142 valence electrons. The summed E-state index contributed by atoms with van der Waals surface area (Å²) in [5.74, 6) is -1.07. The van der Waals surface area contributed by atoms with Crippen LogP contribution in [0.25, 0.3) is 11.1 Å². The summed E-state index contributed by atoms with van der Waals surface area (Å²) in [7, 11) is 0. The van der Waals surface area contributed by atoms with Gasteiger partial charge in [0, 0.05) is 40.8 Å². The highest BCUT2D eigenvalue weighted by molar-refractivity contribution is 6.28. The maximum Gasteiger partial charge on any atom is 0.187 e. The highest BCUT2D eigenvalue weighted by atomic mass is 16.5. The van der Waals surface area contributed by atoms with E-state index in [2.05, 4.69) is 0 Å². The zero-order valence-electron chi connectivity index (χ0n) is 15.7. The van der Waals surface area contributed by atoms with Gasteiger partial charge in [-0.3, -0.25) is 19.2 Å². The van der Waals surface area contributed by atoms with Crippen LogP contribution in [0.15, 0.2) is 48.6 Å². The van der Waals surface area contributed by atoms with Crippen molar-refractivity contribution in [2.75, 3.05) is 6.61 Å². The van der Waals surface area contributed by atoms with Gasteiger partial charge < -0.3 is 4.74 Å². The monoisotopic (exact) mass is 384 g/mol. The van der Waals surface area contributed by atoms with Crippen LogP contribution in [0.2, 0.25) is 0 Å². The number of hydrogen-bond acceptors (Lipinski definition) is 5. The highest BCUT2D eigenvalue weighted by Crippen LogP contribution is 2.47. The molecule has 0 aliphatic heterocycles. The van der Waals surface area contributed by atoms with Crippen molar-refractivity contribution in [3.8, 4) is 11.1 Å². The fourth-order valence-electron chi connectivity index (χ4n) is 4.49. The minimum Gasteiger partial charge on any atom is -0.373 e. The van der Waals surface area contributed by atoms with Crippen molar-refractivity contribution in [2.45, 2.75) is 19.4 Å². The molecule has 0 amide bonds. The van der Waals surface area contributed by atoms with Crippen LogP contribution in [0.3, 0.4) is 0 Å². The Kier molecular flexibility index (Phi) is 3.83. The van der Waals surface area contributed by atoms with Gasteiger partial charge in [-0.25, -0.2) is 0 Å². The summed E-state index contributed by atoms with van der Waals surface area (Å²) in [6.45, 7) is 2.37. The van der Waals surface area contributed by atoms with Crippen LogP contribution >= 0.6 is 0 Å². The molecule has 0 saturated heterocycles. The molecule has 0 saturated carbocycles. The van der Waals surface area contributed by atoms with E-state index in [1.54, 1.807) is 18.2 Å². The second-order valence-electron chi connectivity index (χ2n) is 7.25. The van der Waals surface area contributed by atoms with Crippen LogP contribution in [0.5, 0.6) is 0 Å². The Morgan fingerprint density at radius 2 is 1.28 bits per heavy atom. The van der Waals surface area contributed by atoms with Gasteiger partial charge in [0.2, 0.25) is 0 Å². The fourth-order valence-corrected chi connectivity index (χ4v) is 4.49. The number of carbonyl (C=O) groups is 4. The smallest absolute Gasteiger partial charge is 0.187 e. The molecule has 0 radical (unpaired) electrons. The lowest BCUT2D eigenvalue weighted by Gasteiger charge is -2.32. The van der Waals surface area contributed by atoms with Crippen molar-refractivity contribution in [3.05, 3.63) is 82.0 Å². The molecule has 5 nitrogen and oxygen atoms in total. The van der Waals surface area contributed by atoms with Gasteiger partial charge in [-0.05, 0) is 60.1 Å². The third-order valence-corrected chi connectivity index (χ3v) is 5.70. The molecule has 0 heterocycles. The molecular formula is C24H16O5. The Morgan fingerprint density at radius 3 is 1.90 bits per heavy atom. The molecule has 3 aliphatic carbocycles. The van der Waals surface area contributed by atoms with E-state index in [4.69, 9.17) is 4.74 Å². The molecule has 1 unspecified atom stereocenters. The van der Waals surface area contributed by atoms with Crippen LogP contribution in [-0.4, -0.2) is 29.7 Å². The van der Waals surface area contributed by atoms with E-state index in [1.807, 2.05) is 13.0 Å². The van der Waals surface area contributed by atoms with Crippen molar-refractivity contribution in [1.82, 2.24) is 0 Å². The molecule has 2 aromatic carbocycles. The largest absolute Gasteiger partial charge is 0.373 e. The predicted molar refractivity (Wildman–Crippen MR) is 106 cm³/mol. The number of ketones is 4. The predicted octanol–water partition coefficient (Wildman–Crippen LogP) is 3.86. The summed E-state index contributed by atoms with van der Waals surface area (Å²) >= 11 is 0. The van der Waals surface area contributed by atoms with E-state index >= 15 is 0 Å². The van der Waals surface area contributed by atoms with Gasteiger partial charge in [0.25, 0.3) is 0 Å².